The molecule has 1 rings (SSSR count). The Morgan fingerprint density at radius 2 is 2.00 bits per heavy atom. The maximum atomic E-state index is 4.67. The molecule has 6 heteroatoms. The second kappa shape index (κ2) is 9.79. The number of nitrogens with zero attached hydrogens (tertiary/aromatic N) is 3. The molecule has 0 fully saturated rings. The van der Waals surface area contributed by atoms with E-state index in [1.54, 1.807) is 11.3 Å². The van der Waals surface area contributed by atoms with E-state index < -0.39 is 0 Å². The van der Waals surface area contributed by atoms with Crippen LogP contribution in [0, 0.1) is 13.8 Å². The smallest absolute Gasteiger partial charge is 0.191 e. The highest BCUT2D eigenvalue weighted by Gasteiger charge is 2.07. The summed E-state index contributed by atoms with van der Waals surface area (Å²) in [4.78, 5) is 12.8. The molecule has 0 bridgehead atoms. The molecule has 0 aliphatic carbocycles. The lowest BCUT2D eigenvalue weighted by Gasteiger charge is -2.25. The maximum absolute atomic E-state index is 4.67. The van der Waals surface area contributed by atoms with Gasteiger partial charge in [0.25, 0.3) is 0 Å². The molecule has 0 aliphatic rings. The fourth-order valence-corrected chi connectivity index (χ4v) is 3.17. The van der Waals surface area contributed by atoms with E-state index in [0.717, 1.165) is 42.8 Å². The minimum atomic E-state index is 0.578. The van der Waals surface area contributed by atoms with Crippen LogP contribution in [-0.4, -0.2) is 48.1 Å². The first-order valence-electron chi connectivity index (χ1n) is 8.17. The zero-order valence-corrected chi connectivity index (χ0v) is 15.7. The summed E-state index contributed by atoms with van der Waals surface area (Å²) in [6, 6.07) is 0.578. The van der Waals surface area contributed by atoms with Crippen LogP contribution in [0.15, 0.2) is 4.99 Å². The summed E-state index contributed by atoms with van der Waals surface area (Å²) in [5.74, 6) is 0.882. The van der Waals surface area contributed by atoms with E-state index in [0.29, 0.717) is 12.6 Å². The molecule has 22 heavy (non-hydrogen) atoms. The SMILES string of the molecule is CCNC(=NCc1sc(C)nc1C)NCCN(CC)C(C)C. The van der Waals surface area contributed by atoms with E-state index in [9.17, 15) is 0 Å². The average Bonchev–Trinajstić information content (AvgIpc) is 2.78. The van der Waals surface area contributed by atoms with Crippen molar-refractivity contribution in [3.63, 3.8) is 0 Å². The van der Waals surface area contributed by atoms with Gasteiger partial charge in [0.15, 0.2) is 5.96 Å². The summed E-state index contributed by atoms with van der Waals surface area (Å²) < 4.78 is 0. The first-order valence-corrected chi connectivity index (χ1v) is 8.98. The topological polar surface area (TPSA) is 52.6 Å². The van der Waals surface area contributed by atoms with E-state index in [4.69, 9.17) is 0 Å². The molecular weight excluding hydrogens is 294 g/mol. The standard InChI is InChI=1S/C16H31N5S/c1-7-17-16(18-9-10-21(8-2)12(3)4)19-11-15-13(5)20-14(6)22-15/h12H,7-11H2,1-6H3,(H2,17,18,19). The van der Waals surface area contributed by atoms with Gasteiger partial charge in [0.2, 0.25) is 0 Å². The summed E-state index contributed by atoms with van der Waals surface area (Å²) in [5, 5.41) is 7.83. The largest absolute Gasteiger partial charge is 0.357 e. The highest BCUT2D eigenvalue weighted by atomic mass is 32.1. The molecule has 1 aromatic rings. The number of guanidine groups is 1. The third kappa shape index (κ3) is 6.32. The lowest BCUT2D eigenvalue weighted by Crippen LogP contribution is -2.43. The molecule has 0 saturated heterocycles. The van der Waals surface area contributed by atoms with Crippen LogP contribution < -0.4 is 10.6 Å². The number of thiazole rings is 1. The van der Waals surface area contributed by atoms with Gasteiger partial charge in [0.1, 0.15) is 0 Å². The van der Waals surface area contributed by atoms with Gasteiger partial charge in [-0.3, -0.25) is 4.90 Å². The maximum Gasteiger partial charge on any atom is 0.191 e. The molecule has 126 valence electrons. The van der Waals surface area contributed by atoms with Crippen LogP contribution in [0.25, 0.3) is 0 Å². The van der Waals surface area contributed by atoms with Gasteiger partial charge in [-0.2, -0.15) is 0 Å². The van der Waals surface area contributed by atoms with Crippen LogP contribution in [0.4, 0.5) is 0 Å². The highest BCUT2D eigenvalue weighted by Crippen LogP contribution is 2.17. The van der Waals surface area contributed by atoms with Crippen LogP contribution >= 0.6 is 11.3 Å². The lowest BCUT2D eigenvalue weighted by molar-refractivity contribution is 0.237. The monoisotopic (exact) mass is 325 g/mol. The first-order chi connectivity index (χ1) is 10.5. The Kier molecular flexibility index (Phi) is 8.42. The quantitative estimate of drug-likeness (QED) is 0.570. The summed E-state index contributed by atoms with van der Waals surface area (Å²) in [6.07, 6.45) is 0. The Labute approximate surface area is 139 Å². The Balaban J connectivity index is 2.53. The van der Waals surface area contributed by atoms with Crippen LogP contribution in [0.5, 0.6) is 0 Å². The van der Waals surface area contributed by atoms with Crippen molar-refractivity contribution in [3.05, 3.63) is 15.6 Å². The molecule has 0 aliphatic heterocycles. The van der Waals surface area contributed by atoms with Gasteiger partial charge in [-0.15, -0.1) is 11.3 Å². The summed E-state index contributed by atoms with van der Waals surface area (Å²) in [6.45, 7) is 17.4. The van der Waals surface area contributed by atoms with Gasteiger partial charge >= 0.3 is 0 Å². The molecule has 2 N–H and O–H groups in total. The first kappa shape index (κ1) is 18.9. The predicted octanol–water partition coefficient (Wildman–Crippen LogP) is 2.55. The molecule has 0 amide bonds. The minimum Gasteiger partial charge on any atom is -0.357 e. The van der Waals surface area contributed by atoms with Crippen LogP contribution in [-0.2, 0) is 6.54 Å². The molecule has 0 spiro atoms. The minimum absolute atomic E-state index is 0.578. The number of aryl methyl sites for hydroxylation is 2. The molecule has 0 unspecified atom stereocenters. The molecule has 5 nitrogen and oxygen atoms in total. The van der Waals surface area contributed by atoms with Crippen molar-refractivity contribution < 1.29 is 0 Å². The van der Waals surface area contributed by atoms with Gasteiger partial charge in [-0.1, -0.05) is 6.92 Å². The third-order valence-electron chi connectivity index (χ3n) is 3.55. The number of aliphatic imine (C=N–C) groups is 1. The Hall–Kier alpha value is -1.14. The van der Waals surface area contributed by atoms with Crippen molar-refractivity contribution in [2.45, 2.75) is 54.1 Å². The van der Waals surface area contributed by atoms with Crippen molar-refractivity contribution in [2.75, 3.05) is 26.2 Å². The summed E-state index contributed by atoms with van der Waals surface area (Å²) in [5.41, 5.74) is 1.10. The number of nitrogens with one attached hydrogen (secondary N) is 2. The Bertz CT molecular complexity index is 467. The van der Waals surface area contributed by atoms with Crippen molar-refractivity contribution in [1.29, 1.82) is 0 Å². The molecule has 0 radical (unpaired) electrons. The lowest BCUT2D eigenvalue weighted by atomic mass is 10.3. The second-order valence-corrected chi connectivity index (χ2v) is 6.87. The molecule has 0 aromatic carbocycles. The number of rotatable bonds is 8. The molecule has 1 heterocycles. The number of likely N-dealkylation sites (N-methyl/N-ethyl adjacent to an activating group) is 1. The van der Waals surface area contributed by atoms with Gasteiger partial charge in [0.05, 0.1) is 17.2 Å². The summed E-state index contributed by atoms with van der Waals surface area (Å²) >= 11 is 1.73. The van der Waals surface area contributed by atoms with Crippen molar-refractivity contribution in [2.24, 2.45) is 4.99 Å². The highest BCUT2D eigenvalue weighted by molar-refractivity contribution is 7.11. The van der Waals surface area contributed by atoms with Crippen molar-refractivity contribution in [3.8, 4) is 0 Å². The number of aromatic nitrogens is 1. The van der Waals surface area contributed by atoms with E-state index >= 15 is 0 Å². The zero-order valence-electron chi connectivity index (χ0n) is 14.9. The van der Waals surface area contributed by atoms with Gasteiger partial charge in [0, 0.05) is 30.6 Å². The zero-order chi connectivity index (χ0) is 16.5. The van der Waals surface area contributed by atoms with Crippen LogP contribution in [0.2, 0.25) is 0 Å². The normalized spacial score (nSPS) is 12.3. The van der Waals surface area contributed by atoms with Gasteiger partial charge < -0.3 is 10.6 Å². The molecular formula is C16H31N5S. The average molecular weight is 326 g/mol. The Morgan fingerprint density at radius 1 is 1.27 bits per heavy atom. The number of hydrogen-bond acceptors (Lipinski definition) is 4. The van der Waals surface area contributed by atoms with Crippen molar-refractivity contribution in [1.82, 2.24) is 20.5 Å². The van der Waals surface area contributed by atoms with Crippen LogP contribution in [0.1, 0.15) is 43.3 Å². The van der Waals surface area contributed by atoms with E-state index in [1.165, 1.54) is 4.88 Å². The van der Waals surface area contributed by atoms with Gasteiger partial charge in [-0.25, -0.2) is 9.98 Å². The second-order valence-electron chi connectivity index (χ2n) is 5.59. The number of hydrogen-bond donors (Lipinski definition) is 2. The fraction of sp³-hybridized carbons (Fsp3) is 0.750. The van der Waals surface area contributed by atoms with E-state index in [1.807, 2.05) is 6.92 Å². The molecule has 0 saturated carbocycles. The van der Waals surface area contributed by atoms with E-state index in [-0.39, 0.29) is 0 Å². The third-order valence-corrected chi connectivity index (χ3v) is 4.61. The Morgan fingerprint density at radius 3 is 2.50 bits per heavy atom. The predicted molar refractivity (Wildman–Crippen MR) is 96.8 cm³/mol. The van der Waals surface area contributed by atoms with E-state index in [2.05, 4.69) is 60.1 Å². The summed E-state index contributed by atoms with van der Waals surface area (Å²) in [7, 11) is 0. The van der Waals surface area contributed by atoms with Crippen LogP contribution in [0.3, 0.4) is 0 Å². The van der Waals surface area contributed by atoms with Crippen molar-refractivity contribution >= 4 is 17.3 Å². The molecule has 1 aromatic heterocycles. The fourth-order valence-electron chi connectivity index (χ4n) is 2.31. The molecule has 0 atom stereocenters. The van der Waals surface area contributed by atoms with Gasteiger partial charge in [-0.05, 0) is 41.2 Å².